The molecule has 9 heteroatoms. The Kier molecular flexibility index (Phi) is 6.71. The molecule has 0 aromatic heterocycles. The number of carbonyl (C=O) groups is 2. The summed E-state index contributed by atoms with van der Waals surface area (Å²) in [4.78, 5) is 26.5. The molecule has 3 rings (SSSR count). The van der Waals surface area contributed by atoms with Gasteiger partial charge in [0.05, 0.1) is 4.90 Å². The highest BCUT2D eigenvalue weighted by atomic mass is 32.2. The van der Waals surface area contributed by atoms with Crippen LogP contribution in [0.25, 0.3) is 0 Å². The van der Waals surface area contributed by atoms with Crippen LogP contribution in [0.1, 0.15) is 56.8 Å². The fourth-order valence-corrected chi connectivity index (χ4v) is 4.63. The van der Waals surface area contributed by atoms with Crippen LogP contribution in [0.15, 0.2) is 29.2 Å². The smallest absolute Gasteiger partial charge is 0.407 e. The third kappa shape index (κ3) is 6.43. The lowest BCUT2D eigenvalue weighted by atomic mass is 9.96. The van der Waals surface area contributed by atoms with Crippen molar-refractivity contribution in [2.24, 2.45) is 5.92 Å². The van der Waals surface area contributed by atoms with Gasteiger partial charge in [0.25, 0.3) is 5.91 Å². The third-order valence-corrected chi connectivity index (χ3v) is 6.68. The molecule has 1 heterocycles. The van der Waals surface area contributed by atoms with E-state index in [0.29, 0.717) is 31.1 Å². The van der Waals surface area contributed by atoms with Gasteiger partial charge in [-0.3, -0.25) is 4.79 Å². The Morgan fingerprint density at radius 1 is 1.07 bits per heavy atom. The average molecular weight is 438 g/mol. The van der Waals surface area contributed by atoms with E-state index in [4.69, 9.17) is 4.74 Å². The average Bonchev–Trinajstić information content (AvgIpc) is 3.48. The molecule has 0 spiro atoms. The minimum absolute atomic E-state index is 0.0439. The topological polar surface area (TPSA) is 105 Å². The summed E-state index contributed by atoms with van der Waals surface area (Å²) in [7, 11) is -3.52. The molecule has 1 saturated carbocycles. The highest BCUT2D eigenvalue weighted by Crippen LogP contribution is 2.23. The van der Waals surface area contributed by atoms with E-state index in [9.17, 15) is 18.0 Å². The number of carbonyl (C=O) groups excluding carboxylic acids is 2. The molecular weight excluding hydrogens is 406 g/mol. The summed E-state index contributed by atoms with van der Waals surface area (Å²) in [6.45, 7) is 7.19. The fourth-order valence-electron chi connectivity index (χ4n) is 3.33. The predicted octanol–water partition coefficient (Wildman–Crippen LogP) is 2.50. The summed E-state index contributed by atoms with van der Waals surface area (Å²) in [5.74, 6) is 0.190. The maximum absolute atomic E-state index is 12.7. The lowest BCUT2D eigenvalue weighted by Gasteiger charge is -2.32. The minimum Gasteiger partial charge on any atom is -0.444 e. The molecule has 0 radical (unpaired) electrons. The molecule has 0 unspecified atom stereocenters. The van der Waals surface area contributed by atoms with Crippen LogP contribution in [0.5, 0.6) is 0 Å². The molecule has 2 fully saturated rings. The lowest BCUT2D eigenvalue weighted by Crippen LogP contribution is -2.42. The molecule has 8 nitrogen and oxygen atoms in total. The quantitative estimate of drug-likeness (QED) is 0.711. The second kappa shape index (κ2) is 8.93. The van der Waals surface area contributed by atoms with Gasteiger partial charge in [0.1, 0.15) is 5.60 Å². The molecule has 1 saturated heterocycles. The van der Waals surface area contributed by atoms with Gasteiger partial charge in [0.2, 0.25) is 10.0 Å². The number of rotatable bonds is 6. The molecule has 2 aliphatic rings. The normalized spacial score (nSPS) is 18.2. The van der Waals surface area contributed by atoms with E-state index in [2.05, 4.69) is 10.0 Å². The number of hydrogen-bond donors (Lipinski definition) is 2. The molecule has 1 aliphatic heterocycles. The Labute approximate surface area is 178 Å². The highest BCUT2D eigenvalue weighted by molar-refractivity contribution is 7.89. The van der Waals surface area contributed by atoms with Gasteiger partial charge in [-0.15, -0.1) is 0 Å². The number of likely N-dealkylation sites (tertiary alicyclic amines) is 1. The van der Waals surface area contributed by atoms with Crippen molar-refractivity contribution in [3.8, 4) is 0 Å². The zero-order valence-corrected chi connectivity index (χ0v) is 18.6. The van der Waals surface area contributed by atoms with Gasteiger partial charge in [-0.25, -0.2) is 17.9 Å². The van der Waals surface area contributed by atoms with E-state index in [1.54, 1.807) is 17.0 Å². The van der Waals surface area contributed by atoms with Crippen molar-refractivity contribution in [3.63, 3.8) is 0 Å². The molecule has 2 N–H and O–H groups in total. The van der Waals surface area contributed by atoms with Gasteiger partial charge in [-0.2, -0.15) is 0 Å². The highest BCUT2D eigenvalue weighted by Gasteiger charge is 2.29. The van der Waals surface area contributed by atoms with Crippen LogP contribution in [-0.4, -0.2) is 56.6 Å². The summed E-state index contributed by atoms with van der Waals surface area (Å²) >= 11 is 0. The second-order valence-corrected chi connectivity index (χ2v) is 10.8. The number of amides is 2. The molecule has 166 valence electrons. The molecule has 30 heavy (non-hydrogen) atoms. The van der Waals surface area contributed by atoms with Gasteiger partial charge in [0.15, 0.2) is 0 Å². The number of hydrogen-bond acceptors (Lipinski definition) is 5. The lowest BCUT2D eigenvalue weighted by molar-refractivity contribution is 0.0500. The van der Waals surface area contributed by atoms with E-state index >= 15 is 0 Å². The first-order valence-electron chi connectivity index (χ1n) is 10.4. The first-order chi connectivity index (χ1) is 14.0. The second-order valence-electron chi connectivity index (χ2n) is 9.04. The Bertz CT molecular complexity index is 865. The molecule has 1 aromatic carbocycles. The van der Waals surface area contributed by atoms with Crippen LogP contribution in [0, 0.1) is 5.92 Å². The predicted molar refractivity (Wildman–Crippen MR) is 113 cm³/mol. The first kappa shape index (κ1) is 22.6. The number of sulfonamides is 1. The van der Waals surface area contributed by atoms with Gasteiger partial charge in [-0.1, -0.05) is 0 Å². The van der Waals surface area contributed by atoms with Crippen molar-refractivity contribution in [2.75, 3.05) is 19.6 Å². The van der Waals surface area contributed by atoms with E-state index in [1.165, 1.54) is 12.1 Å². The van der Waals surface area contributed by atoms with Crippen molar-refractivity contribution < 1.29 is 22.7 Å². The summed E-state index contributed by atoms with van der Waals surface area (Å²) in [6.07, 6.45) is 2.91. The van der Waals surface area contributed by atoms with E-state index in [-0.39, 0.29) is 16.8 Å². The van der Waals surface area contributed by atoms with Crippen molar-refractivity contribution in [2.45, 2.75) is 63.0 Å². The first-order valence-corrected chi connectivity index (χ1v) is 11.9. The monoisotopic (exact) mass is 437 g/mol. The number of ether oxygens (including phenoxy) is 1. The maximum Gasteiger partial charge on any atom is 0.407 e. The number of nitrogens with one attached hydrogen (secondary N) is 2. The minimum atomic E-state index is -3.52. The van der Waals surface area contributed by atoms with Crippen LogP contribution in [0.4, 0.5) is 4.79 Å². The number of piperidine rings is 1. The van der Waals surface area contributed by atoms with Gasteiger partial charge in [0, 0.05) is 31.2 Å². The Balaban J connectivity index is 1.47. The largest absolute Gasteiger partial charge is 0.444 e. The van der Waals surface area contributed by atoms with E-state index in [1.807, 2.05) is 20.8 Å². The maximum atomic E-state index is 12.7. The summed E-state index contributed by atoms with van der Waals surface area (Å²) in [5.41, 5.74) is -0.0476. The Morgan fingerprint density at radius 2 is 1.67 bits per heavy atom. The molecule has 1 aliphatic carbocycles. The van der Waals surface area contributed by atoms with Crippen LogP contribution in [0.3, 0.4) is 0 Å². The van der Waals surface area contributed by atoms with Gasteiger partial charge < -0.3 is 15.0 Å². The van der Waals surface area contributed by atoms with Gasteiger partial charge in [-0.05, 0) is 76.6 Å². The summed E-state index contributed by atoms with van der Waals surface area (Å²) < 4.78 is 32.4. The van der Waals surface area contributed by atoms with Crippen LogP contribution < -0.4 is 10.0 Å². The number of nitrogens with zero attached hydrogens (tertiary/aromatic N) is 1. The van der Waals surface area contributed by atoms with E-state index in [0.717, 1.165) is 25.7 Å². The van der Waals surface area contributed by atoms with Crippen molar-refractivity contribution in [1.82, 2.24) is 14.9 Å². The molecular formula is C21H31N3O5S. The standard InChI is InChI=1S/C21H31N3O5S/c1-21(2,3)29-20(26)22-14-15-10-12-24(13-11-15)19(25)16-4-8-18(9-5-16)30(27,28)23-17-6-7-17/h4-5,8-9,15,17,23H,6-7,10-14H2,1-3H3,(H,22,26). The Morgan fingerprint density at radius 3 is 2.20 bits per heavy atom. The zero-order chi connectivity index (χ0) is 21.9. The van der Waals surface area contributed by atoms with Crippen molar-refractivity contribution in [3.05, 3.63) is 29.8 Å². The number of benzene rings is 1. The molecule has 0 bridgehead atoms. The van der Waals surface area contributed by atoms with E-state index < -0.39 is 21.7 Å². The van der Waals surface area contributed by atoms with Crippen LogP contribution in [-0.2, 0) is 14.8 Å². The summed E-state index contributed by atoms with van der Waals surface area (Å²) in [5, 5.41) is 2.80. The Hall–Kier alpha value is -2.13. The summed E-state index contributed by atoms with van der Waals surface area (Å²) in [6, 6.07) is 6.15. The van der Waals surface area contributed by atoms with Crippen molar-refractivity contribution in [1.29, 1.82) is 0 Å². The SMILES string of the molecule is CC(C)(C)OC(=O)NCC1CCN(C(=O)c2ccc(S(=O)(=O)NC3CC3)cc2)CC1. The third-order valence-electron chi connectivity index (χ3n) is 5.15. The molecule has 0 atom stereocenters. The zero-order valence-electron chi connectivity index (χ0n) is 17.8. The van der Waals surface area contributed by atoms with Crippen LogP contribution in [0.2, 0.25) is 0 Å². The van der Waals surface area contributed by atoms with Crippen LogP contribution >= 0.6 is 0 Å². The van der Waals surface area contributed by atoms with Crippen molar-refractivity contribution >= 4 is 22.0 Å². The molecule has 1 aromatic rings. The fraction of sp³-hybridized carbons (Fsp3) is 0.619. The number of alkyl carbamates (subject to hydrolysis) is 1. The molecule has 2 amide bonds. The van der Waals surface area contributed by atoms with Gasteiger partial charge >= 0.3 is 6.09 Å².